The van der Waals surface area contributed by atoms with Gasteiger partial charge in [-0.15, -0.1) is 0 Å². The molecule has 0 saturated carbocycles. The highest BCUT2D eigenvalue weighted by molar-refractivity contribution is 5.79. The lowest BCUT2D eigenvalue weighted by Gasteiger charge is -2.10. The summed E-state index contributed by atoms with van der Waals surface area (Å²) in [5.74, 6) is 1.16. The van der Waals surface area contributed by atoms with E-state index in [2.05, 4.69) is 25.3 Å². The van der Waals surface area contributed by atoms with Crippen LogP contribution in [0.1, 0.15) is 31.4 Å². The number of carbonyl (C=O) groups excluding carboxylic acids is 1. The number of aliphatic imine (C=N–C) groups is 1. The molecule has 0 spiro atoms. The van der Waals surface area contributed by atoms with Crippen molar-refractivity contribution < 1.29 is 13.9 Å². The van der Waals surface area contributed by atoms with Crippen molar-refractivity contribution in [1.82, 2.24) is 15.6 Å². The third kappa shape index (κ3) is 6.58. The Hall–Kier alpha value is -2.83. The van der Waals surface area contributed by atoms with Crippen LogP contribution in [-0.4, -0.2) is 37.6 Å². The number of oxazole rings is 1. The van der Waals surface area contributed by atoms with Crippen molar-refractivity contribution in [3.63, 3.8) is 0 Å². The van der Waals surface area contributed by atoms with Gasteiger partial charge < -0.3 is 19.8 Å². The number of guanidine groups is 1. The molecule has 1 aromatic heterocycles. The van der Waals surface area contributed by atoms with E-state index in [1.807, 2.05) is 30.3 Å². The van der Waals surface area contributed by atoms with Gasteiger partial charge in [0.2, 0.25) is 5.89 Å². The number of benzene rings is 1. The number of aromatic nitrogens is 1. The smallest absolute Gasteiger partial charge is 0.305 e. The maximum absolute atomic E-state index is 11.0. The van der Waals surface area contributed by atoms with Gasteiger partial charge in [-0.3, -0.25) is 9.79 Å². The monoisotopic (exact) mass is 358 g/mol. The largest absolute Gasteiger partial charge is 0.469 e. The molecular weight excluding hydrogens is 332 g/mol. The molecule has 0 radical (unpaired) electrons. The van der Waals surface area contributed by atoms with E-state index in [0.29, 0.717) is 24.8 Å². The van der Waals surface area contributed by atoms with E-state index in [9.17, 15) is 4.79 Å². The van der Waals surface area contributed by atoms with Gasteiger partial charge in [0.25, 0.3) is 0 Å². The molecule has 26 heavy (non-hydrogen) atoms. The van der Waals surface area contributed by atoms with Crippen molar-refractivity contribution in [2.45, 2.75) is 32.2 Å². The summed E-state index contributed by atoms with van der Waals surface area (Å²) in [6.45, 7) is 1.31. The maximum atomic E-state index is 11.0. The molecule has 2 aromatic rings. The lowest BCUT2D eigenvalue weighted by molar-refractivity contribution is -0.140. The number of methoxy groups -OCH3 is 1. The van der Waals surface area contributed by atoms with Crippen molar-refractivity contribution in [3.05, 3.63) is 42.3 Å². The minimum atomic E-state index is -0.155. The quantitative estimate of drug-likeness (QED) is 0.310. The zero-order valence-corrected chi connectivity index (χ0v) is 15.3. The number of nitrogens with one attached hydrogen (secondary N) is 2. The highest BCUT2D eigenvalue weighted by Crippen LogP contribution is 2.17. The second-order valence-electron chi connectivity index (χ2n) is 5.75. The number of unbranched alkanes of at least 4 members (excludes halogenated alkanes) is 2. The zero-order chi connectivity index (χ0) is 18.6. The molecule has 0 amide bonds. The average molecular weight is 358 g/mol. The Bertz CT molecular complexity index is 698. The predicted octanol–water partition coefficient (Wildman–Crippen LogP) is 2.74. The van der Waals surface area contributed by atoms with Gasteiger partial charge in [-0.05, 0) is 25.0 Å². The number of hydrogen-bond acceptors (Lipinski definition) is 5. The number of rotatable bonds is 9. The number of esters is 1. The molecule has 0 atom stereocenters. The lowest BCUT2D eigenvalue weighted by atomic mass is 10.2. The molecule has 7 heteroatoms. The molecule has 140 valence electrons. The van der Waals surface area contributed by atoms with Crippen LogP contribution in [0.4, 0.5) is 0 Å². The zero-order valence-electron chi connectivity index (χ0n) is 15.3. The molecule has 7 nitrogen and oxygen atoms in total. The molecule has 0 unspecified atom stereocenters. The van der Waals surface area contributed by atoms with Gasteiger partial charge in [0.1, 0.15) is 6.26 Å². The van der Waals surface area contributed by atoms with Crippen LogP contribution in [0.3, 0.4) is 0 Å². The summed E-state index contributed by atoms with van der Waals surface area (Å²) < 4.78 is 10.1. The van der Waals surface area contributed by atoms with E-state index < -0.39 is 0 Å². The molecule has 1 heterocycles. The van der Waals surface area contributed by atoms with E-state index in [4.69, 9.17) is 4.42 Å². The van der Waals surface area contributed by atoms with E-state index in [0.717, 1.165) is 37.1 Å². The molecule has 0 fully saturated rings. The molecule has 0 aliphatic rings. The van der Waals surface area contributed by atoms with E-state index in [1.54, 1.807) is 13.3 Å². The fourth-order valence-corrected chi connectivity index (χ4v) is 2.38. The van der Waals surface area contributed by atoms with Crippen LogP contribution in [0, 0.1) is 0 Å². The van der Waals surface area contributed by atoms with Crippen LogP contribution in [0.2, 0.25) is 0 Å². The van der Waals surface area contributed by atoms with E-state index >= 15 is 0 Å². The van der Waals surface area contributed by atoms with Gasteiger partial charge in [0.15, 0.2) is 5.96 Å². The molecule has 2 rings (SSSR count). The summed E-state index contributed by atoms with van der Waals surface area (Å²) in [4.78, 5) is 19.7. The molecule has 1 aromatic carbocycles. The summed E-state index contributed by atoms with van der Waals surface area (Å²) in [6, 6.07) is 9.79. The topological polar surface area (TPSA) is 88.8 Å². The number of nitrogens with zero attached hydrogens (tertiary/aromatic N) is 2. The van der Waals surface area contributed by atoms with Crippen LogP contribution in [0.15, 0.2) is 46.0 Å². The van der Waals surface area contributed by atoms with Crippen molar-refractivity contribution in [1.29, 1.82) is 0 Å². The Morgan fingerprint density at radius 2 is 2.00 bits per heavy atom. The van der Waals surface area contributed by atoms with Gasteiger partial charge in [0, 0.05) is 25.6 Å². The Kier molecular flexibility index (Phi) is 8.18. The first-order valence-corrected chi connectivity index (χ1v) is 8.74. The van der Waals surface area contributed by atoms with Gasteiger partial charge in [0.05, 0.1) is 19.3 Å². The fraction of sp³-hybridized carbons (Fsp3) is 0.421. The third-order valence-electron chi connectivity index (χ3n) is 3.81. The second-order valence-corrected chi connectivity index (χ2v) is 5.75. The van der Waals surface area contributed by atoms with Crippen LogP contribution in [-0.2, 0) is 16.1 Å². The second kappa shape index (κ2) is 10.9. The summed E-state index contributed by atoms with van der Waals surface area (Å²) in [5.41, 5.74) is 1.76. The Morgan fingerprint density at radius 1 is 1.19 bits per heavy atom. The fourth-order valence-electron chi connectivity index (χ4n) is 2.38. The highest BCUT2D eigenvalue weighted by Gasteiger charge is 2.07. The molecule has 0 aliphatic carbocycles. The lowest BCUT2D eigenvalue weighted by Crippen LogP contribution is -2.37. The maximum Gasteiger partial charge on any atom is 0.305 e. The van der Waals surface area contributed by atoms with Crippen LogP contribution in [0.5, 0.6) is 0 Å². The molecule has 2 N–H and O–H groups in total. The molecule has 0 bridgehead atoms. The third-order valence-corrected chi connectivity index (χ3v) is 3.81. The molecule has 0 aliphatic heterocycles. The molecular formula is C19H26N4O3. The van der Waals surface area contributed by atoms with Crippen molar-refractivity contribution in [2.75, 3.05) is 20.7 Å². The number of ether oxygens (including phenoxy) is 1. The highest BCUT2D eigenvalue weighted by atomic mass is 16.5. The SMILES string of the molecule is CN=C(NCCCCCC(=O)OC)NCc1coc(-c2ccccc2)n1. The first kappa shape index (κ1) is 19.5. The minimum absolute atomic E-state index is 0.155. The van der Waals surface area contributed by atoms with Crippen LogP contribution in [0.25, 0.3) is 11.5 Å². The van der Waals surface area contributed by atoms with E-state index in [-0.39, 0.29) is 5.97 Å². The summed E-state index contributed by atoms with van der Waals surface area (Å²) in [7, 11) is 3.14. The normalized spacial score (nSPS) is 11.2. The van der Waals surface area contributed by atoms with Gasteiger partial charge in [-0.25, -0.2) is 4.98 Å². The molecule has 0 saturated heterocycles. The van der Waals surface area contributed by atoms with Crippen molar-refractivity contribution in [3.8, 4) is 11.5 Å². The van der Waals surface area contributed by atoms with Crippen molar-refractivity contribution in [2.24, 2.45) is 4.99 Å². The Labute approximate surface area is 153 Å². The summed E-state index contributed by atoms with van der Waals surface area (Å²) in [5, 5.41) is 6.46. The predicted molar refractivity (Wildman–Crippen MR) is 101 cm³/mol. The number of hydrogen-bond donors (Lipinski definition) is 2. The summed E-state index contributed by atoms with van der Waals surface area (Å²) in [6.07, 6.45) is 4.87. The van der Waals surface area contributed by atoms with E-state index in [1.165, 1.54) is 7.11 Å². The first-order valence-electron chi connectivity index (χ1n) is 8.74. The van der Waals surface area contributed by atoms with Crippen molar-refractivity contribution >= 4 is 11.9 Å². The Balaban J connectivity index is 1.67. The Morgan fingerprint density at radius 3 is 2.73 bits per heavy atom. The van der Waals surface area contributed by atoms with Gasteiger partial charge >= 0.3 is 5.97 Å². The van der Waals surface area contributed by atoms with Gasteiger partial charge in [-0.2, -0.15) is 0 Å². The summed E-state index contributed by atoms with van der Waals surface area (Å²) >= 11 is 0. The van der Waals surface area contributed by atoms with Gasteiger partial charge in [-0.1, -0.05) is 24.6 Å². The first-order chi connectivity index (χ1) is 12.7. The number of carbonyl (C=O) groups is 1. The minimum Gasteiger partial charge on any atom is -0.469 e. The van der Waals surface area contributed by atoms with Crippen LogP contribution < -0.4 is 10.6 Å². The average Bonchev–Trinajstić information content (AvgIpc) is 3.16. The standard InChI is InChI=1S/C19H26N4O3/c1-20-19(21-12-8-4-7-11-17(24)25-2)22-13-16-14-26-18(23-16)15-9-5-3-6-10-15/h3,5-6,9-10,14H,4,7-8,11-13H2,1-2H3,(H2,20,21,22). The van der Waals surface area contributed by atoms with Crippen LogP contribution >= 0.6 is 0 Å².